The van der Waals surface area contributed by atoms with E-state index in [2.05, 4.69) is 32.4 Å². The fraction of sp³-hybridized carbons (Fsp3) is 0. The third-order valence-electron chi connectivity index (χ3n) is 2.27. The van der Waals surface area contributed by atoms with E-state index in [-0.39, 0.29) is 16.0 Å². The highest BCUT2D eigenvalue weighted by atomic mass is 32.1. The molecule has 9 heteroatoms. The molecule has 0 saturated heterocycles. The van der Waals surface area contributed by atoms with Crippen LogP contribution in [0, 0.1) is 4.77 Å². The zero-order valence-corrected chi connectivity index (χ0v) is 10.6. The molecular formula is C11H7N4O4S-. The first-order valence-corrected chi connectivity index (χ1v) is 5.67. The van der Waals surface area contributed by atoms with Crippen LogP contribution in [-0.4, -0.2) is 21.0 Å². The van der Waals surface area contributed by atoms with Crippen LogP contribution in [0.3, 0.4) is 0 Å². The topological polar surface area (TPSA) is 134 Å². The Kier molecular flexibility index (Phi) is 3.71. The van der Waals surface area contributed by atoms with Crippen molar-refractivity contribution in [3.8, 4) is 5.88 Å². The molecule has 0 saturated carbocycles. The fourth-order valence-corrected chi connectivity index (χ4v) is 1.52. The quantitative estimate of drug-likeness (QED) is 0.571. The van der Waals surface area contributed by atoms with E-state index in [9.17, 15) is 19.8 Å². The molecule has 0 fully saturated rings. The minimum Gasteiger partial charge on any atom is -0.545 e. The molecule has 0 amide bonds. The number of carbonyl (C=O) groups is 1. The molecule has 20 heavy (non-hydrogen) atoms. The monoisotopic (exact) mass is 291 g/mol. The second-order valence-corrected chi connectivity index (χ2v) is 4.05. The van der Waals surface area contributed by atoms with Crippen LogP contribution >= 0.6 is 12.2 Å². The van der Waals surface area contributed by atoms with Crippen LogP contribution in [0.1, 0.15) is 10.4 Å². The van der Waals surface area contributed by atoms with Gasteiger partial charge in [0.1, 0.15) is 0 Å². The molecular weight excluding hydrogens is 284 g/mol. The number of nitrogens with zero attached hydrogens (tertiary/aromatic N) is 2. The van der Waals surface area contributed by atoms with Crippen LogP contribution in [0.15, 0.2) is 39.3 Å². The molecule has 0 bridgehead atoms. The van der Waals surface area contributed by atoms with Crippen molar-refractivity contribution in [3.63, 3.8) is 0 Å². The van der Waals surface area contributed by atoms with Crippen molar-refractivity contribution < 1.29 is 15.0 Å². The Morgan fingerprint density at radius 1 is 1.20 bits per heavy atom. The Labute approximate surface area is 116 Å². The first-order valence-electron chi connectivity index (χ1n) is 5.26. The van der Waals surface area contributed by atoms with Crippen LogP contribution in [0.25, 0.3) is 0 Å². The Morgan fingerprint density at radius 3 is 2.40 bits per heavy atom. The maximum atomic E-state index is 11.5. The summed E-state index contributed by atoms with van der Waals surface area (Å²) in [5, 5.41) is 27.3. The second kappa shape index (κ2) is 5.45. The molecule has 0 unspecified atom stereocenters. The fourth-order valence-electron chi connectivity index (χ4n) is 1.33. The van der Waals surface area contributed by atoms with E-state index in [4.69, 9.17) is 0 Å². The zero-order chi connectivity index (χ0) is 14.7. The van der Waals surface area contributed by atoms with Crippen LogP contribution in [0.4, 0.5) is 11.4 Å². The molecule has 8 nitrogen and oxygen atoms in total. The lowest BCUT2D eigenvalue weighted by atomic mass is 10.2. The van der Waals surface area contributed by atoms with Gasteiger partial charge in [0.2, 0.25) is 11.6 Å². The van der Waals surface area contributed by atoms with Gasteiger partial charge < -0.3 is 20.0 Å². The number of hydrogen-bond donors (Lipinski definition) is 3. The molecule has 2 rings (SSSR count). The van der Waals surface area contributed by atoms with E-state index in [0.717, 1.165) is 0 Å². The van der Waals surface area contributed by atoms with E-state index in [0.29, 0.717) is 5.69 Å². The number of aromatic hydroxyl groups is 1. The first kappa shape index (κ1) is 13.6. The highest BCUT2D eigenvalue weighted by Gasteiger charge is 2.05. The van der Waals surface area contributed by atoms with Crippen molar-refractivity contribution >= 4 is 29.6 Å². The van der Waals surface area contributed by atoms with Crippen LogP contribution in [-0.2, 0) is 0 Å². The SMILES string of the molecule is O=C([O-])c1ccc(N=Nc2c(O)[nH]c(=S)[nH]c2=O)cc1. The van der Waals surface area contributed by atoms with E-state index < -0.39 is 17.4 Å². The number of aromatic amines is 2. The standard InChI is InChI=1S/C11H8N4O4S/c16-8-7(9(17)13-11(20)12-8)15-14-6-3-1-5(2-4-6)10(18)19/h1-4H,(H,18,19)(H3,12,13,16,17,20)/p-1. The summed E-state index contributed by atoms with van der Waals surface area (Å²) in [4.78, 5) is 26.6. The average molecular weight is 291 g/mol. The molecule has 1 aromatic carbocycles. The van der Waals surface area contributed by atoms with E-state index in [1.54, 1.807) is 0 Å². The Bertz CT molecular complexity index is 791. The van der Waals surface area contributed by atoms with Crippen molar-refractivity contribution in [1.29, 1.82) is 0 Å². The number of aromatic carboxylic acids is 1. The number of carbonyl (C=O) groups excluding carboxylic acids is 1. The van der Waals surface area contributed by atoms with Crippen molar-refractivity contribution in [2.24, 2.45) is 10.2 Å². The van der Waals surface area contributed by atoms with Crippen molar-refractivity contribution in [3.05, 3.63) is 45.0 Å². The van der Waals surface area contributed by atoms with Gasteiger partial charge in [0.05, 0.1) is 11.7 Å². The van der Waals surface area contributed by atoms with Gasteiger partial charge in [0.15, 0.2) is 4.77 Å². The predicted molar refractivity (Wildman–Crippen MR) is 68.9 cm³/mol. The van der Waals surface area contributed by atoms with E-state index in [1.165, 1.54) is 24.3 Å². The van der Waals surface area contributed by atoms with Crippen molar-refractivity contribution in [2.45, 2.75) is 0 Å². The molecule has 102 valence electrons. The van der Waals surface area contributed by atoms with Gasteiger partial charge in [-0.2, -0.15) is 5.11 Å². The van der Waals surface area contributed by atoms with E-state index in [1.807, 2.05) is 0 Å². The summed E-state index contributed by atoms with van der Waals surface area (Å²) in [7, 11) is 0. The van der Waals surface area contributed by atoms with Gasteiger partial charge in [-0.15, -0.1) is 5.11 Å². The maximum absolute atomic E-state index is 11.5. The number of azo groups is 1. The normalized spacial score (nSPS) is 10.8. The smallest absolute Gasteiger partial charge is 0.283 e. The van der Waals surface area contributed by atoms with Gasteiger partial charge >= 0.3 is 0 Å². The number of aromatic nitrogens is 2. The number of hydrogen-bond acceptors (Lipinski definition) is 7. The summed E-state index contributed by atoms with van der Waals surface area (Å²) in [6.45, 7) is 0. The largest absolute Gasteiger partial charge is 0.545 e. The number of nitrogens with one attached hydrogen (secondary N) is 2. The Balaban J connectivity index is 2.32. The summed E-state index contributed by atoms with van der Waals surface area (Å²) >= 11 is 4.66. The molecule has 0 aliphatic rings. The van der Waals surface area contributed by atoms with Crippen LogP contribution in [0.2, 0.25) is 0 Å². The van der Waals surface area contributed by atoms with Crippen molar-refractivity contribution in [1.82, 2.24) is 9.97 Å². The minimum atomic E-state index is -1.31. The molecule has 0 aliphatic heterocycles. The summed E-state index contributed by atoms with van der Waals surface area (Å²) < 4.78 is -0.0373. The summed E-state index contributed by atoms with van der Waals surface area (Å²) in [5.74, 6) is -1.81. The summed E-state index contributed by atoms with van der Waals surface area (Å²) in [6.07, 6.45) is 0. The average Bonchev–Trinajstić information content (AvgIpc) is 2.38. The predicted octanol–water partition coefficient (Wildman–Crippen LogP) is 0.917. The summed E-state index contributed by atoms with van der Waals surface area (Å²) in [6, 6.07) is 5.33. The van der Waals surface area contributed by atoms with Gasteiger partial charge in [0.25, 0.3) is 5.56 Å². The number of carboxylic acids is 1. The number of benzene rings is 1. The molecule has 0 radical (unpaired) electrons. The van der Waals surface area contributed by atoms with Crippen molar-refractivity contribution in [2.75, 3.05) is 0 Å². The van der Waals surface area contributed by atoms with Gasteiger partial charge in [-0.3, -0.25) is 9.78 Å². The highest BCUT2D eigenvalue weighted by molar-refractivity contribution is 7.71. The summed E-state index contributed by atoms with van der Waals surface area (Å²) in [5.41, 5.74) is -0.728. The third-order valence-corrected chi connectivity index (χ3v) is 2.47. The van der Waals surface area contributed by atoms with Crippen LogP contribution in [0.5, 0.6) is 5.88 Å². The van der Waals surface area contributed by atoms with Gasteiger partial charge in [-0.05, 0) is 29.9 Å². The van der Waals surface area contributed by atoms with E-state index >= 15 is 0 Å². The van der Waals surface area contributed by atoms with Gasteiger partial charge in [0, 0.05) is 0 Å². The molecule has 0 spiro atoms. The maximum Gasteiger partial charge on any atom is 0.283 e. The number of H-pyrrole nitrogens is 2. The molecule has 1 heterocycles. The molecule has 2 aromatic rings. The first-order chi connectivity index (χ1) is 9.47. The minimum absolute atomic E-state index is 0.00608. The zero-order valence-electron chi connectivity index (χ0n) is 9.78. The van der Waals surface area contributed by atoms with Crippen LogP contribution < -0.4 is 10.7 Å². The Morgan fingerprint density at radius 2 is 1.85 bits per heavy atom. The van der Waals surface area contributed by atoms with Gasteiger partial charge in [-0.1, -0.05) is 12.1 Å². The molecule has 1 aromatic heterocycles. The molecule has 3 N–H and O–H groups in total. The Hall–Kier alpha value is -2.81. The van der Waals surface area contributed by atoms with Gasteiger partial charge in [-0.25, -0.2) is 0 Å². The lowest BCUT2D eigenvalue weighted by Crippen LogP contribution is -2.21. The molecule has 0 aliphatic carbocycles. The number of rotatable bonds is 3. The third kappa shape index (κ3) is 2.95. The highest BCUT2D eigenvalue weighted by Crippen LogP contribution is 2.21. The number of carboxylic acid groups (broad SMARTS) is 1. The lowest BCUT2D eigenvalue weighted by molar-refractivity contribution is -0.255. The molecule has 0 atom stereocenters. The second-order valence-electron chi connectivity index (χ2n) is 3.64. The lowest BCUT2D eigenvalue weighted by Gasteiger charge is -2.01.